The summed E-state index contributed by atoms with van der Waals surface area (Å²) in [6.45, 7) is 0. The Bertz CT molecular complexity index is 1200. The molecule has 1 aliphatic rings. The largest absolute Gasteiger partial charge is 0.416 e. The highest BCUT2D eigenvalue weighted by molar-refractivity contribution is 7.05. The summed E-state index contributed by atoms with van der Waals surface area (Å²) in [7, 11) is 0. The molecule has 0 saturated heterocycles. The predicted molar refractivity (Wildman–Crippen MR) is 102 cm³/mol. The van der Waals surface area contributed by atoms with E-state index in [1.165, 1.54) is 23.7 Å². The number of hydrogen-bond donors (Lipinski definition) is 1. The Balaban J connectivity index is 1.63. The van der Waals surface area contributed by atoms with Crippen LogP contribution in [0.4, 0.5) is 13.2 Å². The fourth-order valence-corrected chi connectivity index (χ4v) is 4.01. The summed E-state index contributed by atoms with van der Waals surface area (Å²) in [5, 5.41) is 6.59. The van der Waals surface area contributed by atoms with E-state index in [9.17, 15) is 18.0 Å². The van der Waals surface area contributed by atoms with Gasteiger partial charge in [-0.1, -0.05) is 0 Å². The van der Waals surface area contributed by atoms with E-state index in [0.717, 1.165) is 41.3 Å². The van der Waals surface area contributed by atoms with E-state index >= 15 is 0 Å². The van der Waals surface area contributed by atoms with Gasteiger partial charge >= 0.3 is 6.18 Å². The maximum absolute atomic E-state index is 12.9. The molecule has 1 N–H and O–H groups in total. The normalized spacial score (nSPS) is 14.7. The Morgan fingerprint density at radius 2 is 1.86 bits per heavy atom. The van der Waals surface area contributed by atoms with E-state index in [-0.39, 0.29) is 11.9 Å². The number of aromatic nitrogens is 2. The van der Waals surface area contributed by atoms with Gasteiger partial charge in [0.05, 0.1) is 11.1 Å². The fourth-order valence-electron chi connectivity index (χ4n) is 3.34. The smallest absolute Gasteiger partial charge is 0.349 e. The van der Waals surface area contributed by atoms with Gasteiger partial charge in [-0.25, -0.2) is 0 Å². The number of alkyl halides is 3. The number of fused-ring (bicyclic) bond motifs is 3. The first-order valence-corrected chi connectivity index (χ1v) is 9.62. The minimum absolute atomic E-state index is 0.108. The third kappa shape index (κ3) is 2.84. The van der Waals surface area contributed by atoms with Gasteiger partial charge in [0.1, 0.15) is 0 Å². The highest BCUT2D eigenvalue weighted by Crippen LogP contribution is 2.35. The zero-order valence-corrected chi connectivity index (χ0v) is 15.3. The van der Waals surface area contributed by atoms with Gasteiger partial charge in [-0.15, -0.1) is 0 Å². The van der Waals surface area contributed by atoms with E-state index in [4.69, 9.17) is 0 Å². The molecule has 28 heavy (non-hydrogen) atoms. The topological polar surface area (TPSA) is 46.9 Å². The number of halogens is 3. The molecule has 2 aromatic heterocycles. The van der Waals surface area contributed by atoms with Gasteiger partial charge in [-0.05, 0) is 66.8 Å². The van der Waals surface area contributed by atoms with E-state index in [1.54, 1.807) is 6.07 Å². The maximum Gasteiger partial charge on any atom is 0.416 e. The van der Waals surface area contributed by atoms with Gasteiger partial charge in [0.25, 0.3) is 5.91 Å². The highest BCUT2D eigenvalue weighted by atomic mass is 32.1. The summed E-state index contributed by atoms with van der Waals surface area (Å²) >= 11 is 1.27. The van der Waals surface area contributed by atoms with Gasteiger partial charge in [0, 0.05) is 33.4 Å². The van der Waals surface area contributed by atoms with Crippen LogP contribution in [0.5, 0.6) is 0 Å². The third-order valence-electron chi connectivity index (χ3n) is 4.92. The van der Waals surface area contributed by atoms with Crippen molar-refractivity contribution in [1.82, 2.24) is 14.3 Å². The standard InChI is InChI=1S/C20H14F3N3OS/c21-20(22,23)12-2-6-14(7-3-12)26-17-8-1-11(19(27)24-13-4-5-13)9-15(17)16-10-28-25-18(16)26/h1-3,6-10,13H,4-5H2,(H,24,27). The molecule has 142 valence electrons. The minimum Gasteiger partial charge on any atom is -0.349 e. The fraction of sp³-hybridized carbons (Fsp3) is 0.200. The zero-order valence-electron chi connectivity index (χ0n) is 14.5. The molecule has 1 aliphatic carbocycles. The molecule has 0 radical (unpaired) electrons. The Labute approximate surface area is 161 Å². The molecular formula is C20H14F3N3OS. The van der Waals surface area contributed by atoms with Crippen molar-refractivity contribution in [3.8, 4) is 5.69 Å². The monoisotopic (exact) mass is 401 g/mol. The van der Waals surface area contributed by atoms with Gasteiger partial charge in [-0.2, -0.15) is 17.5 Å². The highest BCUT2D eigenvalue weighted by Gasteiger charge is 2.30. The molecule has 2 heterocycles. The van der Waals surface area contributed by atoms with Gasteiger partial charge in [-0.3, -0.25) is 9.36 Å². The Morgan fingerprint density at radius 3 is 2.54 bits per heavy atom. The molecule has 4 aromatic rings. The molecule has 2 aromatic carbocycles. The predicted octanol–water partition coefficient (Wildman–Crippen LogP) is 5.15. The van der Waals surface area contributed by atoms with Crippen LogP contribution in [-0.4, -0.2) is 20.9 Å². The molecule has 0 atom stereocenters. The van der Waals surface area contributed by atoms with Crippen molar-refractivity contribution >= 4 is 39.4 Å². The number of nitrogens with zero attached hydrogens (tertiary/aromatic N) is 2. The first kappa shape index (κ1) is 17.2. The second-order valence-corrected chi connectivity index (χ2v) is 7.54. The number of rotatable bonds is 3. The average Bonchev–Trinajstić information content (AvgIpc) is 3.25. The molecule has 1 saturated carbocycles. The first-order chi connectivity index (χ1) is 13.4. The molecule has 0 bridgehead atoms. The number of carbonyl (C=O) groups is 1. The van der Waals surface area contributed by atoms with E-state index in [2.05, 4.69) is 9.69 Å². The summed E-state index contributed by atoms with van der Waals surface area (Å²) in [4.78, 5) is 12.4. The van der Waals surface area contributed by atoms with Crippen LogP contribution in [0.3, 0.4) is 0 Å². The van der Waals surface area contributed by atoms with Crippen molar-refractivity contribution < 1.29 is 18.0 Å². The third-order valence-corrected chi connectivity index (χ3v) is 5.54. The molecule has 5 rings (SSSR count). The molecule has 0 unspecified atom stereocenters. The van der Waals surface area contributed by atoms with Crippen molar-refractivity contribution in [2.45, 2.75) is 25.1 Å². The second kappa shape index (κ2) is 6.07. The van der Waals surface area contributed by atoms with Crippen LogP contribution in [0.15, 0.2) is 47.8 Å². The van der Waals surface area contributed by atoms with Crippen molar-refractivity contribution in [1.29, 1.82) is 0 Å². The lowest BCUT2D eigenvalue weighted by atomic mass is 10.1. The lowest BCUT2D eigenvalue weighted by Gasteiger charge is -2.10. The lowest BCUT2D eigenvalue weighted by Crippen LogP contribution is -2.25. The van der Waals surface area contributed by atoms with Crippen molar-refractivity contribution in [2.75, 3.05) is 0 Å². The zero-order chi connectivity index (χ0) is 19.5. The Morgan fingerprint density at radius 1 is 1.11 bits per heavy atom. The number of benzene rings is 2. The summed E-state index contributed by atoms with van der Waals surface area (Å²) in [6.07, 6.45) is -2.36. The van der Waals surface area contributed by atoms with Gasteiger partial charge in [0.2, 0.25) is 0 Å². The molecule has 4 nitrogen and oxygen atoms in total. The Kier molecular flexibility index (Phi) is 3.74. The van der Waals surface area contributed by atoms with Crippen LogP contribution >= 0.6 is 11.5 Å². The van der Waals surface area contributed by atoms with Crippen LogP contribution in [0.2, 0.25) is 0 Å². The quantitative estimate of drug-likeness (QED) is 0.516. The number of hydrogen-bond acceptors (Lipinski definition) is 3. The minimum atomic E-state index is -4.38. The molecule has 0 aliphatic heterocycles. The van der Waals surface area contributed by atoms with Crippen LogP contribution in [0.25, 0.3) is 27.6 Å². The number of carbonyl (C=O) groups excluding carboxylic acids is 1. The van der Waals surface area contributed by atoms with Crippen LogP contribution in [0, 0.1) is 0 Å². The number of nitrogens with one attached hydrogen (secondary N) is 1. The number of amides is 1. The summed E-state index contributed by atoms with van der Waals surface area (Å²) in [5.41, 5.74) is 1.93. The average molecular weight is 401 g/mol. The van der Waals surface area contributed by atoms with Crippen molar-refractivity contribution in [2.24, 2.45) is 0 Å². The van der Waals surface area contributed by atoms with E-state index in [0.29, 0.717) is 16.9 Å². The van der Waals surface area contributed by atoms with Gasteiger partial charge < -0.3 is 5.32 Å². The molecule has 1 fully saturated rings. The lowest BCUT2D eigenvalue weighted by molar-refractivity contribution is -0.137. The Hall–Kier alpha value is -2.87. The van der Waals surface area contributed by atoms with Crippen LogP contribution in [0.1, 0.15) is 28.8 Å². The van der Waals surface area contributed by atoms with Crippen molar-refractivity contribution in [3.63, 3.8) is 0 Å². The van der Waals surface area contributed by atoms with Crippen LogP contribution in [-0.2, 0) is 6.18 Å². The molecule has 8 heteroatoms. The summed E-state index contributed by atoms with van der Waals surface area (Å²) < 4.78 is 44.9. The van der Waals surface area contributed by atoms with Crippen molar-refractivity contribution in [3.05, 3.63) is 59.0 Å². The molecular weight excluding hydrogens is 387 g/mol. The SMILES string of the molecule is O=C(NC1CC1)c1ccc2c(c1)c1csnc1n2-c1ccc(C(F)(F)F)cc1. The first-order valence-electron chi connectivity index (χ1n) is 8.79. The van der Waals surface area contributed by atoms with Crippen LogP contribution < -0.4 is 5.32 Å². The summed E-state index contributed by atoms with van der Waals surface area (Å²) in [6, 6.07) is 10.7. The molecule has 0 spiro atoms. The van der Waals surface area contributed by atoms with E-state index < -0.39 is 11.7 Å². The van der Waals surface area contributed by atoms with E-state index in [1.807, 2.05) is 22.1 Å². The van der Waals surface area contributed by atoms with Gasteiger partial charge in [0.15, 0.2) is 5.65 Å². The molecule has 1 amide bonds. The maximum atomic E-state index is 12.9. The second-order valence-electron chi connectivity index (χ2n) is 6.91. The summed E-state index contributed by atoms with van der Waals surface area (Å²) in [5.74, 6) is -0.108.